The van der Waals surface area contributed by atoms with Crippen LogP contribution in [0, 0.1) is 17.0 Å². The van der Waals surface area contributed by atoms with Gasteiger partial charge in [0.2, 0.25) is 0 Å². The highest BCUT2D eigenvalue weighted by atomic mass is 16.6. The van der Waals surface area contributed by atoms with Crippen LogP contribution in [0.5, 0.6) is 11.5 Å². The van der Waals surface area contributed by atoms with Crippen LogP contribution in [-0.4, -0.2) is 22.9 Å². The molecule has 6 nitrogen and oxygen atoms in total. The number of nitrogens with zero attached hydrogens (tertiary/aromatic N) is 2. The minimum Gasteiger partial charge on any atom is -0.504 e. The van der Waals surface area contributed by atoms with E-state index in [0.717, 1.165) is 5.56 Å². The van der Waals surface area contributed by atoms with Gasteiger partial charge in [0.1, 0.15) is 0 Å². The first kappa shape index (κ1) is 18.2. The van der Waals surface area contributed by atoms with Crippen LogP contribution >= 0.6 is 0 Å². The van der Waals surface area contributed by atoms with Crippen molar-refractivity contribution in [2.24, 2.45) is 4.99 Å². The highest BCUT2D eigenvalue weighted by Crippen LogP contribution is 2.32. The van der Waals surface area contributed by atoms with Crippen LogP contribution in [0.3, 0.4) is 0 Å². The Morgan fingerprint density at radius 3 is 2.76 bits per heavy atom. The third-order valence-electron chi connectivity index (χ3n) is 3.59. The molecule has 130 valence electrons. The standard InChI is InChI=1S/C19H20N2O4/c1-4-6-15-9-14(10-18(19(15)22)25-5-2)12-20-16-8-7-13(3)17(11-16)21(23)24/h4,7-12,22H,1,5-6H2,2-3H3. The molecule has 0 aromatic heterocycles. The van der Waals surface area contributed by atoms with Crippen molar-refractivity contribution in [3.05, 3.63) is 69.8 Å². The molecule has 0 fully saturated rings. The van der Waals surface area contributed by atoms with Crippen molar-refractivity contribution in [1.29, 1.82) is 0 Å². The zero-order valence-corrected chi connectivity index (χ0v) is 14.2. The second-order valence-electron chi connectivity index (χ2n) is 5.44. The van der Waals surface area contributed by atoms with Crippen molar-refractivity contribution in [3.63, 3.8) is 0 Å². The number of phenols is 1. The molecule has 2 aromatic carbocycles. The monoisotopic (exact) mass is 340 g/mol. The molecule has 0 atom stereocenters. The van der Waals surface area contributed by atoms with E-state index in [9.17, 15) is 15.2 Å². The lowest BCUT2D eigenvalue weighted by atomic mass is 10.1. The van der Waals surface area contributed by atoms with Crippen molar-refractivity contribution in [1.82, 2.24) is 0 Å². The summed E-state index contributed by atoms with van der Waals surface area (Å²) >= 11 is 0. The first-order chi connectivity index (χ1) is 12.0. The number of allylic oxidation sites excluding steroid dienone is 1. The van der Waals surface area contributed by atoms with E-state index in [4.69, 9.17) is 4.74 Å². The Morgan fingerprint density at radius 2 is 2.12 bits per heavy atom. The lowest BCUT2D eigenvalue weighted by Gasteiger charge is -2.10. The van der Waals surface area contributed by atoms with E-state index in [0.29, 0.717) is 35.6 Å². The summed E-state index contributed by atoms with van der Waals surface area (Å²) in [6, 6.07) is 8.27. The summed E-state index contributed by atoms with van der Waals surface area (Å²) in [5.41, 5.74) is 2.50. The second kappa shape index (κ2) is 8.10. The van der Waals surface area contributed by atoms with Gasteiger partial charge in [0.15, 0.2) is 11.5 Å². The maximum Gasteiger partial charge on any atom is 0.274 e. The lowest BCUT2D eigenvalue weighted by molar-refractivity contribution is -0.385. The van der Waals surface area contributed by atoms with Gasteiger partial charge in [-0.2, -0.15) is 0 Å². The van der Waals surface area contributed by atoms with Gasteiger partial charge in [-0.1, -0.05) is 12.1 Å². The fraction of sp³-hybridized carbons (Fsp3) is 0.211. The number of rotatable bonds is 7. The van der Waals surface area contributed by atoms with Crippen LogP contribution in [0.4, 0.5) is 11.4 Å². The fourth-order valence-corrected chi connectivity index (χ4v) is 2.36. The van der Waals surface area contributed by atoms with Crippen LogP contribution < -0.4 is 4.74 Å². The Labute approximate surface area is 146 Å². The summed E-state index contributed by atoms with van der Waals surface area (Å²) in [5.74, 6) is 0.461. The number of phenolic OH excluding ortho intramolecular Hbond substituents is 1. The molecular formula is C19H20N2O4. The Hall–Kier alpha value is -3.15. The second-order valence-corrected chi connectivity index (χ2v) is 5.44. The van der Waals surface area contributed by atoms with Crippen LogP contribution in [-0.2, 0) is 6.42 Å². The largest absolute Gasteiger partial charge is 0.504 e. The third kappa shape index (κ3) is 4.44. The van der Waals surface area contributed by atoms with Crippen LogP contribution in [0.15, 0.2) is 48.0 Å². The van der Waals surface area contributed by atoms with Gasteiger partial charge in [-0.05, 0) is 44.0 Å². The minimum absolute atomic E-state index is 0.0303. The number of hydrogen-bond acceptors (Lipinski definition) is 5. The average Bonchev–Trinajstić information content (AvgIpc) is 2.58. The van der Waals surface area contributed by atoms with Gasteiger partial charge in [-0.15, -0.1) is 6.58 Å². The van der Waals surface area contributed by atoms with E-state index >= 15 is 0 Å². The molecule has 0 saturated carbocycles. The van der Waals surface area contributed by atoms with Crippen LogP contribution in [0.2, 0.25) is 0 Å². The number of aliphatic imine (C=N–C) groups is 1. The summed E-state index contributed by atoms with van der Waals surface area (Å²) in [6.45, 7) is 7.62. The number of benzene rings is 2. The first-order valence-corrected chi connectivity index (χ1v) is 7.85. The minimum atomic E-state index is -0.426. The molecule has 6 heteroatoms. The molecule has 2 aromatic rings. The predicted octanol–water partition coefficient (Wildman–Crippen LogP) is 4.49. The van der Waals surface area contributed by atoms with Crippen LogP contribution in [0.25, 0.3) is 0 Å². The number of aryl methyl sites for hydroxylation is 1. The van der Waals surface area contributed by atoms with Gasteiger partial charge in [-0.3, -0.25) is 15.1 Å². The molecule has 0 amide bonds. The predicted molar refractivity (Wildman–Crippen MR) is 98.3 cm³/mol. The van der Waals surface area contributed by atoms with E-state index in [1.54, 1.807) is 43.5 Å². The number of hydrogen-bond donors (Lipinski definition) is 1. The Bertz CT molecular complexity index is 828. The van der Waals surface area contributed by atoms with Gasteiger partial charge in [-0.25, -0.2) is 0 Å². The Morgan fingerprint density at radius 1 is 1.36 bits per heavy atom. The SMILES string of the molecule is C=CCc1cc(C=Nc2ccc(C)c([N+](=O)[O-])c2)cc(OCC)c1O. The molecule has 0 unspecified atom stereocenters. The van der Waals surface area contributed by atoms with E-state index in [-0.39, 0.29) is 11.4 Å². The Balaban J connectivity index is 2.38. The molecule has 0 aliphatic heterocycles. The summed E-state index contributed by atoms with van der Waals surface area (Å²) in [4.78, 5) is 14.9. The quantitative estimate of drug-likeness (QED) is 0.348. The van der Waals surface area contributed by atoms with Crippen molar-refractivity contribution in [3.8, 4) is 11.5 Å². The molecule has 0 radical (unpaired) electrons. The van der Waals surface area contributed by atoms with Crippen molar-refractivity contribution < 1.29 is 14.8 Å². The van der Waals surface area contributed by atoms with E-state index < -0.39 is 4.92 Å². The third-order valence-corrected chi connectivity index (χ3v) is 3.59. The van der Waals surface area contributed by atoms with Gasteiger partial charge < -0.3 is 9.84 Å². The number of aromatic hydroxyl groups is 1. The summed E-state index contributed by atoms with van der Waals surface area (Å²) in [7, 11) is 0. The van der Waals surface area contributed by atoms with Crippen molar-refractivity contribution in [2.45, 2.75) is 20.3 Å². The average molecular weight is 340 g/mol. The van der Waals surface area contributed by atoms with E-state index in [1.165, 1.54) is 6.07 Å². The van der Waals surface area contributed by atoms with Gasteiger partial charge in [0, 0.05) is 23.4 Å². The molecule has 25 heavy (non-hydrogen) atoms. The topological polar surface area (TPSA) is 85.0 Å². The molecule has 0 aliphatic rings. The van der Waals surface area contributed by atoms with E-state index in [2.05, 4.69) is 11.6 Å². The van der Waals surface area contributed by atoms with Crippen molar-refractivity contribution in [2.75, 3.05) is 6.61 Å². The highest BCUT2D eigenvalue weighted by Gasteiger charge is 2.11. The molecule has 0 aliphatic carbocycles. The van der Waals surface area contributed by atoms with Crippen LogP contribution in [0.1, 0.15) is 23.6 Å². The molecule has 0 spiro atoms. The van der Waals surface area contributed by atoms with Crippen molar-refractivity contribution >= 4 is 17.6 Å². The fourth-order valence-electron chi connectivity index (χ4n) is 2.36. The number of nitro benzene ring substituents is 1. The number of nitro groups is 1. The lowest BCUT2D eigenvalue weighted by Crippen LogP contribution is -1.96. The highest BCUT2D eigenvalue weighted by molar-refractivity contribution is 5.84. The zero-order chi connectivity index (χ0) is 18.4. The molecule has 2 rings (SSSR count). The smallest absolute Gasteiger partial charge is 0.274 e. The van der Waals surface area contributed by atoms with E-state index in [1.807, 2.05) is 6.92 Å². The summed E-state index contributed by atoms with van der Waals surface area (Å²) < 4.78 is 5.45. The maximum atomic E-state index is 11.0. The normalized spacial score (nSPS) is 10.8. The summed E-state index contributed by atoms with van der Waals surface area (Å²) in [6.07, 6.45) is 3.77. The molecule has 0 heterocycles. The zero-order valence-electron chi connectivity index (χ0n) is 14.2. The summed E-state index contributed by atoms with van der Waals surface area (Å²) in [5, 5.41) is 21.2. The molecular weight excluding hydrogens is 320 g/mol. The van der Waals surface area contributed by atoms with Gasteiger partial charge in [0.25, 0.3) is 5.69 Å². The number of ether oxygens (including phenoxy) is 1. The molecule has 1 N–H and O–H groups in total. The first-order valence-electron chi connectivity index (χ1n) is 7.85. The molecule has 0 bridgehead atoms. The van der Waals surface area contributed by atoms with Gasteiger partial charge >= 0.3 is 0 Å². The Kier molecular flexibility index (Phi) is 5.89. The maximum absolute atomic E-state index is 11.0. The molecule has 0 saturated heterocycles. The van der Waals surface area contributed by atoms with Gasteiger partial charge in [0.05, 0.1) is 17.2 Å².